The Morgan fingerprint density at radius 3 is 2.48 bits per heavy atom. The fourth-order valence-electron chi connectivity index (χ4n) is 2.45. The summed E-state index contributed by atoms with van der Waals surface area (Å²) in [6, 6.07) is 15.6. The van der Waals surface area contributed by atoms with Crippen LogP contribution in [0, 0.1) is 0 Å². The Bertz CT molecular complexity index is 643. The highest BCUT2D eigenvalue weighted by atomic mass is 35.5. The van der Waals surface area contributed by atoms with Crippen LogP contribution >= 0.6 is 11.6 Å². The van der Waals surface area contributed by atoms with Gasteiger partial charge in [0.25, 0.3) is 0 Å². The number of aryl methyl sites for hydroxylation is 2. The maximum Gasteiger partial charge on any atom is 0.220 e. The molecule has 3 nitrogen and oxygen atoms in total. The van der Waals surface area contributed by atoms with Gasteiger partial charge in [-0.1, -0.05) is 48.0 Å². The first-order valence-corrected chi connectivity index (χ1v) is 8.20. The highest BCUT2D eigenvalue weighted by Gasteiger charge is 2.05. The van der Waals surface area contributed by atoms with Crippen molar-refractivity contribution in [2.45, 2.75) is 25.7 Å². The summed E-state index contributed by atoms with van der Waals surface area (Å²) >= 11 is 6.09. The molecule has 122 valence electrons. The molecule has 0 bridgehead atoms. The van der Waals surface area contributed by atoms with Gasteiger partial charge < -0.3 is 10.1 Å². The van der Waals surface area contributed by atoms with E-state index in [9.17, 15) is 4.79 Å². The van der Waals surface area contributed by atoms with E-state index in [1.165, 1.54) is 5.56 Å². The molecule has 0 spiro atoms. The average Bonchev–Trinajstić information content (AvgIpc) is 2.58. The third-order valence-electron chi connectivity index (χ3n) is 3.72. The largest absolute Gasteiger partial charge is 0.496 e. The summed E-state index contributed by atoms with van der Waals surface area (Å²) in [4.78, 5) is 11.9. The molecule has 0 saturated heterocycles. The zero-order chi connectivity index (χ0) is 16.5. The van der Waals surface area contributed by atoms with Gasteiger partial charge in [0.05, 0.1) is 7.11 Å². The number of nitrogens with one attached hydrogen (secondary N) is 1. The monoisotopic (exact) mass is 331 g/mol. The van der Waals surface area contributed by atoms with Crippen molar-refractivity contribution in [1.29, 1.82) is 0 Å². The first kappa shape index (κ1) is 17.4. The molecule has 0 saturated carbocycles. The van der Waals surface area contributed by atoms with E-state index in [2.05, 4.69) is 11.4 Å². The molecule has 0 aliphatic carbocycles. The minimum Gasteiger partial charge on any atom is -0.496 e. The number of rotatable bonds is 8. The van der Waals surface area contributed by atoms with Gasteiger partial charge in [0, 0.05) is 18.0 Å². The smallest absolute Gasteiger partial charge is 0.220 e. The standard InChI is InChI=1S/C19H22ClNO2/c1-23-18-11-5-3-8-16(18)9-6-14-21-19(22)13-12-15-7-2-4-10-17(15)20/h2-5,7-8,10-11H,6,9,12-14H2,1H3,(H,21,22). The van der Waals surface area contributed by atoms with Crippen LogP contribution in [0.25, 0.3) is 0 Å². The lowest BCUT2D eigenvalue weighted by Gasteiger charge is -2.09. The molecule has 0 aliphatic rings. The van der Waals surface area contributed by atoms with E-state index in [0.717, 1.165) is 29.2 Å². The predicted molar refractivity (Wildman–Crippen MR) is 94.1 cm³/mol. The first-order chi connectivity index (χ1) is 11.2. The van der Waals surface area contributed by atoms with Gasteiger partial charge in [-0.25, -0.2) is 0 Å². The number of amides is 1. The van der Waals surface area contributed by atoms with E-state index in [0.29, 0.717) is 19.4 Å². The van der Waals surface area contributed by atoms with Gasteiger partial charge in [-0.05, 0) is 42.5 Å². The maximum absolute atomic E-state index is 11.9. The highest BCUT2D eigenvalue weighted by molar-refractivity contribution is 6.31. The molecule has 0 aromatic heterocycles. The van der Waals surface area contributed by atoms with Crippen LogP contribution in [0.3, 0.4) is 0 Å². The van der Waals surface area contributed by atoms with Gasteiger partial charge in [-0.15, -0.1) is 0 Å². The molecule has 1 amide bonds. The van der Waals surface area contributed by atoms with Crippen LogP contribution in [-0.4, -0.2) is 19.6 Å². The second-order valence-corrected chi connectivity index (χ2v) is 5.76. The quantitative estimate of drug-likeness (QED) is 0.742. The molecular weight excluding hydrogens is 310 g/mol. The van der Waals surface area contributed by atoms with Gasteiger partial charge in [-0.2, -0.15) is 0 Å². The van der Waals surface area contributed by atoms with E-state index < -0.39 is 0 Å². The Kier molecular flexibility index (Phi) is 6.95. The van der Waals surface area contributed by atoms with Gasteiger partial charge >= 0.3 is 0 Å². The zero-order valence-electron chi connectivity index (χ0n) is 13.3. The maximum atomic E-state index is 11.9. The first-order valence-electron chi connectivity index (χ1n) is 7.82. The number of carbonyl (C=O) groups excluding carboxylic acids is 1. The molecule has 1 N–H and O–H groups in total. The van der Waals surface area contributed by atoms with E-state index in [4.69, 9.17) is 16.3 Å². The highest BCUT2D eigenvalue weighted by Crippen LogP contribution is 2.18. The van der Waals surface area contributed by atoms with Crippen molar-refractivity contribution >= 4 is 17.5 Å². The molecule has 0 heterocycles. The second-order valence-electron chi connectivity index (χ2n) is 5.36. The van der Waals surface area contributed by atoms with Crippen LogP contribution < -0.4 is 10.1 Å². The van der Waals surface area contributed by atoms with E-state index >= 15 is 0 Å². The number of para-hydroxylation sites is 1. The summed E-state index contributed by atoms with van der Waals surface area (Å²) in [6.07, 6.45) is 2.89. The van der Waals surface area contributed by atoms with Crippen molar-refractivity contribution in [2.75, 3.05) is 13.7 Å². The topological polar surface area (TPSA) is 38.3 Å². The van der Waals surface area contributed by atoms with Crippen molar-refractivity contribution in [3.8, 4) is 5.75 Å². The third-order valence-corrected chi connectivity index (χ3v) is 4.09. The van der Waals surface area contributed by atoms with E-state index in [1.54, 1.807) is 7.11 Å². The van der Waals surface area contributed by atoms with Crippen LogP contribution in [0.1, 0.15) is 24.0 Å². The molecule has 23 heavy (non-hydrogen) atoms. The molecule has 2 rings (SSSR count). The molecule has 0 fully saturated rings. The Hall–Kier alpha value is -2.00. The number of hydrogen-bond donors (Lipinski definition) is 1. The van der Waals surface area contributed by atoms with Crippen molar-refractivity contribution in [2.24, 2.45) is 0 Å². The summed E-state index contributed by atoms with van der Waals surface area (Å²) in [5.41, 5.74) is 2.18. The van der Waals surface area contributed by atoms with Crippen molar-refractivity contribution in [3.63, 3.8) is 0 Å². The lowest BCUT2D eigenvalue weighted by molar-refractivity contribution is -0.121. The fraction of sp³-hybridized carbons (Fsp3) is 0.316. The van der Waals surface area contributed by atoms with Crippen molar-refractivity contribution in [1.82, 2.24) is 5.32 Å². The summed E-state index contributed by atoms with van der Waals surface area (Å²) < 4.78 is 5.32. The van der Waals surface area contributed by atoms with Crippen LogP contribution in [-0.2, 0) is 17.6 Å². The molecule has 0 unspecified atom stereocenters. The molecule has 0 radical (unpaired) electrons. The van der Waals surface area contributed by atoms with Crippen molar-refractivity contribution < 1.29 is 9.53 Å². The number of methoxy groups -OCH3 is 1. The normalized spacial score (nSPS) is 10.3. The van der Waals surface area contributed by atoms with Crippen molar-refractivity contribution in [3.05, 3.63) is 64.7 Å². The van der Waals surface area contributed by atoms with Gasteiger partial charge in [0.2, 0.25) is 5.91 Å². The minimum absolute atomic E-state index is 0.0601. The van der Waals surface area contributed by atoms with Crippen LogP contribution in [0.4, 0.5) is 0 Å². The minimum atomic E-state index is 0.0601. The molecule has 0 aliphatic heterocycles. The number of carbonyl (C=O) groups is 1. The van der Waals surface area contributed by atoms with E-state index in [-0.39, 0.29) is 5.91 Å². The molecular formula is C19H22ClNO2. The number of ether oxygens (including phenoxy) is 1. The summed E-state index contributed by atoms with van der Waals surface area (Å²) in [7, 11) is 1.68. The Morgan fingerprint density at radius 2 is 1.74 bits per heavy atom. The fourth-order valence-corrected chi connectivity index (χ4v) is 2.68. The second kappa shape index (κ2) is 9.21. The van der Waals surface area contributed by atoms with Crippen LogP contribution in [0.2, 0.25) is 5.02 Å². The molecule has 2 aromatic carbocycles. The van der Waals surface area contributed by atoms with Crippen LogP contribution in [0.5, 0.6) is 5.75 Å². The molecule has 2 aromatic rings. The summed E-state index contributed by atoms with van der Waals surface area (Å²) in [5.74, 6) is 0.961. The average molecular weight is 332 g/mol. The SMILES string of the molecule is COc1ccccc1CCCNC(=O)CCc1ccccc1Cl. The van der Waals surface area contributed by atoms with Crippen LogP contribution in [0.15, 0.2) is 48.5 Å². The summed E-state index contributed by atoms with van der Waals surface area (Å²) in [5, 5.41) is 3.68. The predicted octanol–water partition coefficient (Wildman–Crippen LogP) is 4.03. The molecule has 4 heteroatoms. The summed E-state index contributed by atoms with van der Waals surface area (Å²) in [6.45, 7) is 0.666. The molecule has 0 atom stereocenters. The van der Waals surface area contributed by atoms with E-state index in [1.807, 2.05) is 42.5 Å². The van der Waals surface area contributed by atoms with Gasteiger partial charge in [0.1, 0.15) is 5.75 Å². The Labute approximate surface area is 142 Å². The van der Waals surface area contributed by atoms with Gasteiger partial charge in [-0.3, -0.25) is 4.79 Å². The Morgan fingerprint density at radius 1 is 1.04 bits per heavy atom. The lowest BCUT2D eigenvalue weighted by Crippen LogP contribution is -2.25. The van der Waals surface area contributed by atoms with Gasteiger partial charge in [0.15, 0.2) is 0 Å². The third kappa shape index (κ3) is 5.61. The lowest BCUT2D eigenvalue weighted by atomic mass is 10.1. The zero-order valence-corrected chi connectivity index (χ0v) is 14.1. The number of benzene rings is 2. The number of halogens is 1. The number of hydrogen-bond acceptors (Lipinski definition) is 2. The Balaban J connectivity index is 1.68.